The van der Waals surface area contributed by atoms with Crippen molar-refractivity contribution in [3.63, 3.8) is 0 Å². The average Bonchev–Trinajstić information content (AvgIpc) is 3.12. The number of benzene rings is 1. The highest BCUT2D eigenvalue weighted by Crippen LogP contribution is 2.41. The van der Waals surface area contributed by atoms with Crippen LogP contribution in [0, 0.1) is 0 Å². The largest absolute Gasteiger partial charge is 0.494 e. The number of nitrogens with zero attached hydrogens (tertiary/aromatic N) is 2. The fraction of sp³-hybridized carbons (Fsp3) is 0.526. The molecule has 2 heterocycles. The Morgan fingerprint density at radius 2 is 2.10 bits per heavy atom. The zero-order valence-corrected chi connectivity index (χ0v) is 18.2. The summed E-state index contributed by atoms with van der Waals surface area (Å²) in [6.45, 7) is 1.60. The number of amidine groups is 1. The van der Waals surface area contributed by atoms with E-state index in [1.165, 1.54) is 11.8 Å². The minimum atomic E-state index is -3.17. The lowest BCUT2D eigenvalue weighted by Gasteiger charge is -2.25. The van der Waals surface area contributed by atoms with Gasteiger partial charge in [-0.15, -0.1) is 0 Å². The van der Waals surface area contributed by atoms with Crippen LogP contribution in [-0.4, -0.2) is 73.2 Å². The second kappa shape index (κ2) is 9.80. The number of anilines is 1. The van der Waals surface area contributed by atoms with Gasteiger partial charge in [0.05, 0.1) is 24.2 Å². The van der Waals surface area contributed by atoms with Gasteiger partial charge in [-0.25, -0.2) is 13.2 Å². The third-order valence-electron chi connectivity index (χ3n) is 4.60. The number of amides is 1. The number of carbonyl (C=O) groups is 2. The molecule has 0 radical (unpaired) electrons. The Labute approximate surface area is 179 Å². The molecule has 2 aliphatic heterocycles. The Morgan fingerprint density at radius 1 is 1.30 bits per heavy atom. The molecule has 0 bridgehead atoms. The lowest BCUT2D eigenvalue weighted by Crippen LogP contribution is -2.37. The van der Waals surface area contributed by atoms with Crippen LogP contribution in [-0.2, 0) is 24.2 Å². The lowest BCUT2D eigenvalue weighted by molar-refractivity contribution is -0.143. The molecule has 0 saturated carbocycles. The molecule has 164 valence electrons. The molecular weight excluding hydrogens is 432 g/mol. The molecule has 0 aromatic heterocycles. The zero-order chi connectivity index (χ0) is 21.7. The first kappa shape index (κ1) is 22.6. The normalized spacial score (nSPS) is 23.5. The van der Waals surface area contributed by atoms with E-state index in [1.54, 1.807) is 4.90 Å². The quantitative estimate of drug-likeness (QED) is 0.552. The van der Waals surface area contributed by atoms with Gasteiger partial charge in [-0.3, -0.25) is 4.79 Å². The first-order chi connectivity index (χ1) is 14.3. The smallest absolute Gasteiger partial charge is 0.329 e. The van der Waals surface area contributed by atoms with Crippen LogP contribution in [0.2, 0.25) is 0 Å². The number of rotatable bonds is 9. The maximum absolute atomic E-state index is 12.2. The summed E-state index contributed by atoms with van der Waals surface area (Å²) in [4.78, 5) is 28.5. The number of fused-ring (bicyclic) bond motifs is 1. The summed E-state index contributed by atoms with van der Waals surface area (Å²) in [6.07, 6.45) is 1.93. The van der Waals surface area contributed by atoms with Gasteiger partial charge in [0.25, 0.3) is 5.91 Å². The van der Waals surface area contributed by atoms with Crippen LogP contribution >= 0.6 is 11.8 Å². The number of unbranched alkanes of at least 4 members (excludes halogenated alkanes) is 1. The van der Waals surface area contributed by atoms with Crippen LogP contribution in [0.5, 0.6) is 5.75 Å². The molecule has 11 heteroatoms. The predicted molar refractivity (Wildman–Crippen MR) is 114 cm³/mol. The van der Waals surface area contributed by atoms with Crippen molar-refractivity contribution in [2.45, 2.75) is 31.1 Å². The molecule has 0 unspecified atom stereocenters. The molecule has 1 aromatic rings. The molecule has 1 amide bonds. The monoisotopic (exact) mass is 456 g/mol. The van der Waals surface area contributed by atoms with Crippen LogP contribution in [0.15, 0.2) is 29.3 Å². The summed E-state index contributed by atoms with van der Waals surface area (Å²) in [5, 5.41) is 8.76. The molecule has 1 N–H and O–H groups in total. The predicted octanol–water partition coefficient (Wildman–Crippen LogP) is 1.57. The summed E-state index contributed by atoms with van der Waals surface area (Å²) < 4.78 is 34.9. The average molecular weight is 457 g/mol. The first-order valence-electron chi connectivity index (χ1n) is 9.59. The first-order valence-corrected chi connectivity index (χ1v) is 12.3. The van der Waals surface area contributed by atoms with Gasteiger partial charge in [0.1, 0.15) is 19.0 Å². The SMILES string of the molecule is CCCCOc1cccc(N2C(=NC(=O)COCC(=O)O)S[C@@H]3CS(=O)(=O)C[C@@H]32)c1. The topological polar surface area (TPSA) is 123 Å². The summed E-state index contributed by atoms with van der Waals surface area (Å²) in [6, 6.07) is 6.93. The highest BCUT2D eigenvalue weighted by atomic mass is 32.2. The standard InChI is InChI=1S/C19H24N2O7S2/c1-2-3-7-28-14-6-4-5-13(8-14)21-15-11-30(25,26)12-16(15)29-19(21)20-17(22)9-27-10-18(23)24/h4-6,8,15-16H,2-3,7,9-12H2,1H3,(H,23,24)/t15-,16+/m0/s1. The molecule has 2 fully saturated rings. The number of carbonyl (C=O) groups excluding carboxylic acids is 1. The zero-order valence-electron chi connectivity index (χ0n) is 16.5. The van der Waals surface area contributed by atoms with Crippen molar-refractivity contribution in [2.24, 2.45) is 4.99 Å². The third-order valence-corrected chi connectivity index (χ3v) is 7.81. The van der Waals surface area contributed by atoms with Gasteiger partial charge >= 0.3 is 5.97 Å². The molecule has 2 aliphatic rings. The fourth-order valence-electron chi connectivity index (χ4n) is 3.29. The highest BCUT2D eigenvalue weighted by molar-refractivity contribution is 8.16. The molecule has 2 atom stereocenters. The minimum absolute atomic E-state index is 0.0195. The molecule has 30 heavy (non-hydrogen) atoms. The maximum Gasteiger partial charge on any atom is 0.329 e. The number of hydrogen-bond acceptors (Lipinski definition) is 7. The second-order valence-electron chi connectivity index (χ2n) is 7.04. The van der Waals surface area contributed by atoms with E-state index in [0.29, 0.717) is 23.2 Å². The molecule has 3 rings (SSSR count). The summed E-state index contributed by atoms with van der Waals surface area (Å²) in [5.74, 6) is -1.14. The number of thioether (sulfide) groups is 1. The maximum atomic E-state index is 12.2. The molecule has 0 spiro atoms. The summed E-state index contributed by atoms with van der Waals surface area (Å²) in [7, 11) is -3.17. The van der Waals surface area contributed by atoms with E-state index in [2.05, 4.69) is 11.9 Å². The minimum Gasteiger partial charge on any atom is -0.494 e. The van der Waals surface area contributed by atoms with E-state index < -0.39 is 34.9 Å². The number of carboxylic acid groups (broad SMARTS) is 1. The van der Waals surface area contributed by atoms with Crippen molar-refractivity contribution in [3.8, 4) is 5.75 Å². The second-order valence-corrected chi connectivity index (χ2v) is 10.4. The third kappa shape index (κ3) is 5.73. The van der Waals surface area contributed by atoms with Crippen molar-refractivity contribution in [1.29, 1.82) is 0 Å². The van der Waals surface area contributed by atoms with Gasteiger partial charge in [0, 0.05) is 17.0 Å². The van der Waals surface area contributed by atoms with E-state index in [4.69, 9.17) is 14.6 Å². The number of aliphatic carboxylic acids is 1. The fourth-order valence-corrected chi connectivity index (χ4v) is 7.22. The van der Waals surface area contributed by atoms with E-state index in [9.17, 15) is 18.0 Å². The lowest BCUT2D eigenvalue weighted by atomic mass is 10.2. The van der Waals surface area contributed by atoms with Crippen molar-refractivity contribution in [2.75, 3.05) is 36.2 Å². The van der Waals surface area contributed by atoms with Gasteiger partial charge in [0.2, 0.25) is 0 Å². The van der Waals surface area contributed by atoms with Crippen LogP contribution in [0.1, 0.15) is 19.8 Å². The van der Waals surface area contributed by atoms with Crippen LogP contribution < -0.4 is 9.64 Å². The number of hydrogen-bond donors (Lipinski definition) is 1. The van der Waals surface area contributed by atoms with E-state index in [1.807, 2.05) is 24.3 Å². The van der Waals surface area contributed by atoms with Crippen LogP contribution in [0.4, 0.5) is 5.69 Å². The van der Waals surface area contributed by atoms with Gasteiger partial charge in [-0.2, -0.15) is 4.99 Å². The Bertz CT molecular complexity index is 933. The van der Waals surface area contributed by atoms with Crippen molar-refractivity contribution in [1.82, 2.24) is 0 Å². The van der Waals surface area contributed by atoms with Crippen molar-refractivity contribution in [3.05, 3.63) is 24.3 Å². The van der Waals surface area contributed by atoms with Gasteiger partial charge in [0.15, 0.2) is 15.0 Å². The van der Waals surface area contributed by atoms with Crippen molar-refractivity contribution >= 4 is 44.3 Å². The van der Waals surface area contributed by atoms with Gasteiger partial charge in [-0.05, 0) is 18.6 Å². The number of ether oxygens (including phenoxy) is 2. The Kier molecular flexibility index (Phi) is 7.37. The summed E-state index contributed by atoms with van der Waals surface area (Å²) >= 11 is 1.25. The van der Waals surface area contributed by atoms with Crippen molar-refractivity contribution < 1.29 is 32.6 Å². The van der Waals surface area contributed by atoms with E-state index in [0.717, 1.165) is 12.8 Å². The Morgan fingerprint density at radius 3 is 2.83 bits per heavy atom. The van der Waals surface area contributed by atoms with Crippen LogP contribution in [0.3, 0.4) is 0 Å². The molecule has 9 nitrogen and oxygen atoms in total. The Hall–Kier alpha value is -2.11. The molecule has 0 aliphatic carbocycles. The molecule has 2 saturated heterocycles. The summed E-state index contributed by atoms with van der Waals surface area (Å²) in [5.41, 5.74) is 0.694. The van der Waals surface area contributed by atoms with E-state index in [-0.39, 0.29) is 22.8 Å². The number of aliphatic imine (C=N–C) groups is 1. The van der Waals surface area contributed by atoms with Crippen LogP contribution in [0.25, 0.3) is 0 Å². The van der Waals surface area contributed by atoms with E-state index >= 15 is 0 Å². The molecule has 1 aromatic carbocycles. The molecular formula is C19H24N2O7S2. The number of carboxylic acids is 1. The number of sulfone groups is 1. The van der Waals surface area contributed by atoms with Gasteiger partial charge < -0.3 is 19.5 Å². The highest BCUT2D eigenvalue weighted by Gasteiger charge is 2.49. The van der Waals surface area contributed by atoms with Gasteiger partial charge in [-0.1, -0.05) is 31.2 Å². The Balaban J connectivity index is 1.83.